The van der Waals surface area contributed by atoms with Crippen molar-refractivity contribution in [2.45, 2.75) is 239 Å². The largest absolute Gasteiger partial charge is 0.508 e. The first-order valence-electron chi connectivity index (χ1n) is 46.4. The normalized spacial score (nSPS) is 24.1. The van der Waals surface area contributed by atoms with Crippen LogP contribution in [0, 0.1) is 0 Å². The van der Waals surface area contributed by atoms with Crippen LogP contribution in [0.2, 0.25) is 0 Å². The van der Waals surface area contributed by atoms with Crippen molar-refractivity contribution in [3.8, 4) is 5.75 Å². The molecule has 15 atom stereocenters. The number of nitrogens with two attached hydrogens (primary N) is 3. The highest BCUT2D eigenvalue weighted by atomic mass is 32.2. The quantitative estimate of drug-likeness (QED) is 0.0152. The van der Waals surface area contributed by atoms with E-state index in [9.17, 15) is 93.0 Å². The summed E-state index contributed by atoms with van der Waals surface area (Å²) < 4.78 is 1.39. The monoisotopic (exact) mass is 1980 g/mol. The Labute approximate surface area is 816 Å². The first-order valence-corrected chi connectivity index (χ1v) is 47.6. The minimum Gasteiger partial charge on any atom is -0.508 e. The maximum absolute atomic E-state index is 16.1. The van der Waals surface area contributed by atoms with Crippen LogP contribution in [0.3, 0.4) is 0 Å². The lowest BCUT2D eigenvalue weighted by Crippen LogP contribution is -2.61. The summed E-state index contributed by atoms with van der Waals surface area (Å²) in [5.41, 5.74) is 19.8. The maximum atomic E-state index is 16.1. The van der Waals surface area contributed by atoms with Gasteiger partial charge in [0.15, 0.2) is 0 Å². The van der Waals surface area contributed by atoms with Gasteiger partial charge < -0.3 is 135 Å². The number of aliphatic hydroxyl groups excluding tert-OH is 1. The van der Waals surface area contributed by atoms with Crippen LogP contribution >= 0.6 is 11.8 Å². The number of nitrogens with one attached hydrogen (secondary N) is 11. The number of phenolic OH excluding ortho intramolecular Hbond substituents is 1. The second kappa shape index (κ2) is 54.3. The number of aromatic hydroxyl groups is 1. The van der Waals surface area contributed by atoms with Crippen LogP contribution in [0.4, 0.5) is 0 Å². The van der Waals surface area contributed by atoms with Crippen molar-refractivity contribution in [3.63, 3.8) is 0 Å². The van der Waals surface area contributed by atoms with E-state index in [1.807, 2.05) is 0 Å². The molecule has 5 heterocycles. The molecule has 46 nitrogen and oxygen atoms in total. The predicted molar refractivity (Wildman–Crippen MR) is 511 cm³/mol. The first kappa shape index (κ1) is 112. The van der Waals surface area contributed by atoms with Crippen LogP contribution < -0.4 is 70.4 Å². The summed E-state index contributed by atoms with van der Waals surface area (Å²) in [6.45, 7) is 5.46. The number of aromatic amines is 1. The van der Waals surface area contributed by atoms with Gasteiger partial charge >= 0.3 is 23.9 Å². The summed E-state index contributed by atoms with van der Waals surface area (Å²) in [6, 6.07) is -5.36. The number of hydrogen-bond acceptors (Lipinski definition) is 25. The van der Waals surface area contributed by atoms with Crippen molar-refractivity contribution in [2.24, 2.45) is 17.2 Å². The van der Waals surface area contributed by atoms with Gasteiger partial charge in [-0.25, -0.2) is 0 Å². The van der Waals surface area contributed by atoms with E-state index in [0.29, 0.717) is 76.8 Å². The van der Waals surface area contributed by atoms with E-state index in [4.69, 9.17) is 17.2 Å². The van der Waals surface area contributed by atoms with Gasteiger partial charge in [0.2, 0.25) is 94.5 Å². The molecule has 766 valence electrons. The lowest BCUT2D eigenvalue weighted by Gasteiger charge is -2.36. The standard InChI is InChI=1S/C94H128N20O26S/c1-7-9-11-13-15-26-73-94(140)110(5)71(25-14-12-10-8-2)87(133)102-61(32-34-77(119)120)83(129)108-69(82(128)99-46-75(97)117)50-141-51-76(118)100-65(39-53-28-30-56(115)31-29-53)90(136)109(4)52(3)81(127)105-67(43-79(123)124)93(139)113-38-20-27-72(113)88(134)107-68(44-96)86(132)103-63(33-35-78(121)122)92(138)114-48-57(116)42-74(114)89(135)104-64(40-54-45-98-60-23-18-16-21-58(54)60)85(131)101-62(36-37-95)84(130)106-66(91(137)111(73)6)41-55-47-112(49-80(125)126)70-24-19-17-22-59(55)70/h7-8,16-19,21-24,28-31,45,47,52,57,61-69,71-74,98,115-116H,1-2,9-15,20,25-27,32-44,46,48-51,95-96H2,3-6H3,(H2,97,117)(H,99,128)(H,100,118)(H,101,131)(H,102,133)(H,103,132)(H,104,135)(H,105,127)(H,106,130)(H,107,134)(H,108,129)(H,119,120)(H,121,122)(H,123,124)(H,125,126)/t52-,57+,61-,62-,63?,64-,65-,66-,67-,68-,69-,71-,72-,73-,74-/m0/s1. The van der Waals surface area contributed by atoms with Gasteiger partial charge in [-0.15, -0.1) is 24.9 Å². The number of carboxylic acids is 4. The third-order valence-corrected chi connectivity index (χ3v) is 25.8. The number of carboxylic acid groups (broad SMARTS) is 4. The number of rotatable bonds is 33. The van der Waals surface area contributed by atoms with Crippen LogP contribution in [0.1, 0.15) is 139 Å². The molecule has 2 aromatic heterocycles. The van der Waals surface area contributed by atoms with Crippen LogP contribution in [0.25, 0.3) is 21.8 Å². The summed E-state index contributed by atoms with van der Waals surface area (Å²) in [5, 5.41) is 88.3. The van der Waals surface area contributed by atoms with Gasteiger partial charge in [0.05, 0.1) is 24.8 Å². The van der Waals surface area contributed by atoms with Crippen molar-refractivity contribution in [3.05, 3.63) is 127 Å². The molecule has 141 heavy (non-hydrogen) atoms. The topological polar surface area (TPSA) is 698 Å². The molecule has 0 saturated carbocycles. The molecule has 5 aromatic rings. The highest BCUT2D eigenvalue weighted by Gasteiger charge is 2.47. The number of para-hydroxylation sites is 2. The zero-order chi connectivity index (χ0) is 104. The molecule has 8 rings (SSSR count). The number of hydrogen-bond donors (Lipinski definition) is 20. The highest BCUT2D eigenvalue weighted by molar-refractivity contribution is 8.00. The van der Waals surface area contributed by atoms with E-state index in [0.717, 1.165) is 31.5 Å². The molecule has 0 spiro atoms. The molecule has 0 bridgehead atoms. The Hall–Kier alpha value is -14.4. The number of aliphatic carboxylic acids is 4. The van der Waals surface area contributed by atoms with Crippen molar-refractivity contribution >= 4 is 152 Å². The lowest BCUT2D eigenvalue weighted by atomic mass is 9.99. The molecule has 3 fully saturated rings. The number of nitrogens with zero attached hydrogens (tertiary/aromatic N) is 6. The van der Waals surface area contributed by atoms with Gasteiger partial charge in [-0.2, -0.15) is 0 Å². The third-order valence-electron chi connectivity index (χ3n) is 24.8. The van der Waals surface area contributed by atoms with E-state index in [1.165, 1.54) is 56.0 Å². The molecule has 1 unspecified atom stereocenters. The van der Waals surface area contributed by atoms with E-state index in [-0.39, 0.29) is 75.8 Å². The summed E-state index contributed by atoms with van der Waals surface area (Å²) in [4.78, 5) is 295. The van der Waals surface area contributed by atoms with Gasteiger partial charge in [0, 0.05) is 119 Å². The van der Waals surface area contributed by atoms with Gasteiger partial charge in [0.1, 0.15) is 96.9 Å². The molecular weight excluding hydrogens is 1860 g/mol. The Morgan fingerprint density at radius 3 is 1.71 bits per heavy atom. The molecule has 3 saturated heterocycles. The van der Waals surface area contributed by atoms with Crippen molar-refractivity contribution in [1.29, 1.82) is 0 Å². The molecule has 0 radical (unpaired) electrons. The third kappa shape index (κ3) is 32.4. The van der Waals surface area contributed by atoms with E-state index >= 15 is 33.6 Å². The van der Waals surface area contributed by atoms with Crippen LogP contribution in [0.5, 0.6) is 5.75 Å². The van der Waals surface area contributed by atoms with Crippen molar-refractivity contribution in [1.82, 2.24) is 87.2 Å². The van der Waals surface area contributed by atoms with Crippen LogP contribution in [0.15, 0.2) is 111 Å². The minimum atomic E-state index is -1.97. The number of phenols is 1. The molecule has 0 aliphatic carbocycles. The zero-order valence-corrected chi connectivity index (χ0v) is 79.8. The van der Waals surface area contributed by atoms with E-state index < -0.39 is 298 Å². The average Bonchev–Trinajstić information content (AvgIpc) is 1.65. The number of primary amides is 1. The van der Waals surface area contributed by atoms with Gasteiger partial charge in [-0.3, -0.25) is 95.9 Å². The number of amides is 16. The highest BCUT2D eigenvalue weighted by Crippen LogP contribution is 2.29. The zero-order valence-electron chi connectivity index (χ0n) is 79.0. The fraction of sp³-hybridized carbons (Fsp3) is 0.511. The predicted octanol–water partition coefficient (Wildman–Crippen LogP) is -2.50. The minimum absolute atomic E-state index is 0.0812. The Balaban J connectivity index is 1.24. The second-order valence-electron chi connectivity index (χ2n) is 35.1. The number of carbonyl (C=O) groups excluding carboxylic acids is 16. The molecule has 3 aromatic carbocycles. The number of thioether (sulfide) groups is 1. The summed E-state index contributed by atoms with van der Waals surface area (Å²) >= 11 is 0.666. The van der Waals surface area contributed by atoms with Gasteiger partial charge in [-0.1, -0.05) is 79.9 Å². The summed E-state index contributed by atoms with van der Waals surface area (Å²) in [7, 11) is 3.66. The molecule has 3 aliphatic rings. The Bertz CT molecular complexity index is 5380. The number of H-pyrrole nitrogens is 1. The fourth-order valence-electron chi connectivity index (χ4n) is 17.1. The molecule has 16 amide bonds. The Morgan fingerprint density at radius 2 is 1.06 bits per heavy atom. The SMILES string of the molecule is C=CCCCCC[C@H]1C(=O)N(C)[C@@H](CCCCC=C)C(=O)N[C@@H](CCC(=O)O)C(=O)N[C@H](C(=O)NCC(N)=O)CSCC(=O)N[C@@H](Cc2ccc(O)cc2)C(=O)N(C)[C@@H](C)C(=O)N[C@@H](CC(=O)O)C(=O)N2CCC[C@H]2C(=O)N[C@@H](CN)C(=O)NC(CCC(=O)O)C(=O)N2C[C@H](O)C[C@H]2C(=O)N[C@@H](Cc2c[nH]c3ccccc23)C(=O)N[C@@H](CCN)C(=O)N[C@@H](Cc2cn(CC(=O)O)c3ccccc23)C(=O)N1C. The second-order valence-corrected chi connectivity index (χ2v) is 36.1. The molecule has 3 aliphatic heterocycles. The van der Waals surface area contributed by atoms with E-state index in [1.54, 1.807) is 66.9 Å². The molecule has 23 N–H and O–H groups in total. The fourth-order valence-corrected chi connectivity index (χ4v) is 17.9. The number of fused-ring (bicyclic) bond motifs is 4. The number of carbonyl (C=O) groups is 20. The van der Waals surface area contributed by atoms with Crippen LogP contribution in [-0.4, -0.2) is 339 Å². The maximum Gasteiger partial charge on any atom is 0.323 e. The number of likely N-dealkylation sites (N-methyl/N-ethyl adjacent to an activating group) is 3. The summed E-state index contributed by atoms with van der Waals surface area (Å²) in [5.74, 6) is -24.3. The number of aliphatic hydroxyl groups is 1. The molecule has 47 heteroatoms. The average molecular weight is 1990 g/mol. The number of allylic oxidation sites excluding steroid dienone is 2. The Kier molecular flexibility index (Phi) is 43.1. The smallest absolute Gasteiger partial charge is 0.323 e. The number of unbranched alkanes of at least 4 members (excludes halogenated alkanes) is 5. The van der Waals surface area contributed by atoms with Crippen molar-refractivity contribution in [2.75, 3.05) is 65.4 Å². The number of aromatic nitrogens is 2. The molecular formula is C94H128N20O26S. The van der Waals surface area contributed by atoms with Gasteiger partial charge in [0.25, 0.3) is 0 Å². The number of benzene rings is 3. The lowest BCUT2D eigenvalue weighted by molar-refractivity contribution is -0.149. The van der Waals surface area contributed by atoms with Crippen molar-refractivity contribution < 1.29 is 127 Å². The first-order chi connectivity index (χ1) is 67.1. The Morgan fingerprint density at radius 1 is 0.518 bits per heavy atom. The van der Waals surface area contributed by atoms with Crippen LogP contribution in [-0.2, 0) is 122 Å². The van der Waals surface area contributed by atoms with Gasteiger partial charge in [-0.05, 0) is 125 Å². The van der Waals surface area contributed by atoms with E-state index in [2.05, 4.69) is 71.3 Å². The summed E-state index contributed by atoms with van der Waals surface area (Å²) in [6.07, 6.45) is 0.912.